The lowest BCUT2D eigenvalue weighted by Gasteiger charge is -2.12. The molecular formula is C10H10F4N2O. The van der Waals surface area contributed by atoms with E-state index in [4.69, 9.17) is 5.73 Å². The maximum absolute atomic E-state index is 13.2. The molecule has 0 radical (unpaired) electrons. The average molecular weight is 250 g/mol. The number of anilines is 1. The molecule has 1 rings (SSSR count). The zero-order chi connectivity index (χ0) is 13.2. The first-order valence-electron chi connectivity index (χ1n) is 4.65. The molecule has 0 saturated carbocycles. The molecule has 0 spiro atoms. The standard InChI is InChI=1S/C10H10F4N2O/c1-5(15)9(17)16-8-4-6(10(12,13)14)2-3-7(8)11/h2-5H,15H2,1H3,(H,16,17)/t5-/m0/s1. The first kappa shape index (κ1) is 13.4. The molecule has 1 atom stereocenters. The number of carbonyl (C=O) groups excluding carboxylic acids is 1. The highest BCUT2D eigenvalue weighted by molar-refractivity contribution is 5.94. The number of hydrogen-bond acceptors (Lipinski definition) is 2. The van der Waals surface area contributed by atoms with Crippen LogP contribution in [-0.4, -0.2) is 11.9 Å². The zero-order valence-electron chi connectivity index (χ0n) is 8.81. The zero-order valence-corrected chi connectivity index (χ0v) is 8.81. The van der Waals surface area contributed by atoms with Crippen LogP contribution in [0.15, 0.2) is 18.2 Å². The third-order valence-electron chi connectivity index (χ3n) is 1.97. The van der Waals surface area contributed by atoms with E-state index in [-0.39, 0.29) is 0 Å². The Hall–Kier alpha value is -1.63. The second-order valence-corrected chi connectivity index (χ2v) is 3.47. The summed E-state index contributed by atoms with van der Waals surface area (Å²) >= 11 is 0. The molecule has 0 bridgehead atoms. The molecule has 1 aromatic carbocycles. The number of nitrogens with one attached hydrogen (secondary N) is 1. The van der Waals surface area contributed by atoms with Crippen molar-refractivity contribution in [1.82, 2.24) is 0 Å². The van der Waals surface area contributed by atoms with Crippen molar-refractivity contribution >= 4 is 11.6 Å². The van der Waals surface area contributed by atoms with Gasteiger partial charge in [-0.05, 0) is 25.1 Å². The molecule has 0 aromatic heterocycles. The van der Waals surface area contributed by atoms with Crippen molar-refractivity contribution in [2.45, 2.75) is 19.1 Å². The molecule has 7 heteroatoms. The second kappa shape index (κ2) is 4.70. The van der Waals surface area contributed by atoms with Gasteiger partial charge in [0.1, 0.15) is 5.82 Å². The van der Waals surface area contributed by atoms with E-state index in [1.165, 1.54) is 6.92 Å². The predicted octanol–water partition coefficient (Wildman–Crippen LogP) is 2.13. The highest BCUT2D eigenvalue weighted by Crippen LogP contribution is 2.31. The van der Waals surface area contributed by atoms with Crippen molar-refractivity contribution in [1.29, 1.82) is 0 Å². The molecule has 1 aromatic rings. The Kier molecular flexibility index (Phi) is 3.72. The minimum absolute atomic E-state index is 0.523. The number of carbonyl (C=O) groups is 1. The minimum Gasteiger partial charge on any atom is -0.322 e. The van der Waals surface area contributed by atoms with Crippen LogP contribution in [0.25, 0.3) is 0 Å². The number of benzene rings is 1. The number of halogens is 4. The van der Waals surface area contributed by atoms with Crippen molar-refractivity contribution in [2.75, 3.05) is 5.32 Å². The topological polar surface area (TPSA) is 55.1 Å². The third kappa shape index (κ3) is 3.42. The van der Waals surface area contributed by atoms with Crippen LogP contribution in [0, 0.1) is 5.82 Å². The number of alkyl halides is 3. The summed E-state index contributed by atoms with van der Waals surface area (Å²) < 4.78 is 50.2. The molecule has 0 aliphatic heterocycles. The molecule has 94 valence electrons. The number of hydrogen-bond donors (Lipinski definition) is 2. The summed E-state index contributed by atoms with van der Waals surface area (Å²) in [5.74, 6) is -1.71. The fourth-order valence-corrected chi connectivity index (χ4v) is 1.04. The van der Waals surface area contributed by atoms with Crippen LogP contribution < -0.4 is 11.1 Å². The van der Waals surface area contributed by atoms with Crippen molar-refractivity contribution < 1.29 is 22.4 Å². The molecular weight excluding hydrogens is 240 g/mol. The van der Waals surface area contributed by atoms with Crippen molar-refractivity contribution in [3.05, 3.63) is 29.6 Å². The third-order valence-corrected chi connectivity index (χ3v) is 1.97. The van der Waals surface area contributed by atoms with Crippen LogP contribution >= 0.6 is 0 Å². The van der Waals surface area contributed by atoms with Gasteiger partial charge in [0.05, 0.1) is 17.3 Å². The van der Waals surface area contributed by atoms with E-state index in [1.807, 2.05) is 5.32 Å². The lowest BCUT2D eigenvalue weighted by Crippen LogP contribution is -2.32. The van der Waals surface area contributed by atoms with Crippen molar-refractivity contribution in [2.24, 2.45) is 5.73 Å². The van der Waals surface area contributed by atoms with Gasteiger partial charge in [-0.3, -0.25) is 4.79 Å². The Morgan fingerprint density at radius 1 is 1.41 bits per heavy atom. The van der Waals surface area contributed by atoms with Crippen LogP contribution in [-0.2, 0) is 11.0 Å². The first-order valence-corrected chi connectivity index (χ1v) is 4.65. The van der Waals surface area contributed by atoms with Gasteiger partial charge in [0, 0.05) is 0 Å². The number of amides is 1. The molecule has 0 aliphatic carbocycles. The van der Waals surface area contributed by atoms with Gasteiger partial charge >= 0.3 is 6.18 Å². The Morgan fingerprint density at radius 3 is 2.47 bits per heavy atom. The van der Waals surface area contributed by atoms with E-state index in [2.05, 4.69) is 0 Å². The lowest BCUT2D eigenvalue weighted by molar-refractivity contribution is -0.137. The second-order valence-electron chi connectivity index (χ2n) is 3.47. The monoisotopic (exact) mass is 250 g/mol. The van der Waals surface area contributed by atoms with E-state index in [0.717, 1.165) is 0 Å². The number of rotatable bonds is 2. The molecule has 0 aliphatic rings. The summed E-state index contributed by atoms with van der Waals surface area (Å²) in [6.45, 7) is 1.33. The Bertz CT molecular complexity index is 429. The maximum Gasteiger partial charge on any atom is 0.416 e. The lowest BCUT2D eigenvalue weighted by atomic mass is 10.2. The van der Waals surface area contributed by atoms with E-state index in [1.54, 1.807) is 0 Å². The van der Waals surface area contributed by atoms with Gasteiger partial charge in [-0.15, -0.1) is 0 Å². The van der Waals surface area contributed by atoms with Gasteiger partial charge in [0.25, 0.3) is 0 Å². The molecule has 1 amide bonds. The van der Waals surface area contributed by atoms with Gasteiger partial charge in [-0.25, -0.2) is 4.39 Å². The summed E-state index contributed by atoms with van der Waals surface area (Å²) in [6.07, 6.45) is -4.60. The summed E-state index contributed by atoms with van der Waals surface area (Å²) in [7, 11) is 0. The quantitative estimate of drug-likeness (QED) is 0.790. The smallest absolute Gasteiger partial charge is 0.322 e. The van der Waals surface area contributed by atoms with Crippen LogP contribution in [0.1, 0.15) is 12.5 Å². The highest BCUT2D eigenvalue weighted by atomic mass is 19.4. The molecule has 0 unspecified atom stereocenters. The van der Waals surface area contributed by atoms with E-state index in [9.17, 15) is 22.4 Å². The molecule has 0 fully saturated rings. The van der Waals surface area contributed by atoms with E-state index < -0.39 is 35.2 Å². The Labute approximate surface area is 94.6 Å². The van der Waals surface area contributed by atoms with Crippen molar-refractivity contribution in [3.63, 3.8) is 0 Å². The van der Waals surface area contributed by atoms with E-state index in [0.29, 0.717) is 18.2 Å². The molecule has 3 N–H and O–H groups in total. The predicted molar refractivity (Wildman–Crippen MR) is 53.7 cm³/mol. The normalized spacial score (nSPS) is 13.3. The fourth-order valence-electron chi connectivity index (χ4n) is 1.04. The fraction of sp³-hybridized carbons (Fsp3) is 0.300. The van der Waals surface area contributed by atoms with Crippen molar-refractivity contribution in [3.8, 4) is 0 Å². The molecule has 17 heavy (non-hydrogen) atoms. The maximum atomic E-state index is 13.2. The van der Waals surface area contributed by atoms with Gasteiger partial charge in [-0.1, -0.05) is 0 Å². The molecule has 3 nitrogen and oxygen atoms in total. The minimum atomic E-state index is -4.60. The SMILES string of the molecule is C[C@H](N)C(=O)Nc1cc(C(F)(F)F)ccc1F. The van der Waals surface area contributed by atoms with Crippen LogP contribution in [0.3, 0.4) is 0 Å². The molecule has 0 heterocycles. The van der Waals surface area contributed by atoms with Crippen LogP contribution in [0.5, 0.6) is 0 Å². The average Bonchev–Trinajstić information content (AvgIpc) is 2.19. The summed E-state index contributed by atoms with van der Waals surface area (Å²) in [6, 6.07) is 0.815. The highest BCUT2D eigenvalue weighted by Gasteiger charge is 2.31. The van der Waals surface area contributed by atoms with Gasteiger partial charge < -0.3 is 11.1 Å². The van der Waals surface area contributed by atoms with Gasteiger partial charge in [-0.2, -0.15) is 13.2 Å². The van der Waals surface area contributed by atoms with Crippen LogP contribution in [0.4, 0.5) is 23.2 Å². The first-order chi connectivity index (χ1) is 7.71. The Morgan fingerprint density at radius 2 is 2.00 bits per heavy atom. The largest absolute Gasteiger partial charge is 0.416 e. The summed E-state index contributed by atoms with van der Waals surface area (Å²) in [5, 5.41) is 1.98. The van der Waals surface area contributed by atoms with E-state index >= 15 is 0 Å². The van der Waals surface area contributed by atoms with Gasteiger partial charge in [0.2, 0.25) is 5.91 Å². The Balaban J connectivity index is 3.03. The summed E-state index contributed by atoms with van der Waals surface area (Å²) in [5.41, 5.74) is 3.62. The van der Waals surface area contributed by atoms with Crippen LogP contribution in [0.2, 0.25) is 0 Å². The molecule has 0 saturated heterocycles. The summed E-state index contributed by atoms with van der Waals surface area (Å²) in [4.78, 5) is 11.1. The number of nitrogens with two attached hydrogens (primary N) is 1. The van der Waals surface area contributed by atoms with Gasteiger partial charge in [0.15, 0.2) is 0 Å².